The molecule has 0 atom stereocenters. The second-order valence-corrected chi connectivity index (χ2v) is 5.65. The smallest absolute Gasteiger partial charge is 0.498 e. The second kappa shape index (κ2) is 4.26. The van der Waals surface area contributed by atoms with E-state index < -0.39 is 18.3 Å². The Morgan fingerprint density at radius 2 is 1.72 bits per heavy atom. The van der Waals surface area contributed by atoms with Crippen LogP contribution in [0.5, 0.6) is 5.75 Å². The lowest BCUT2D eigenvalue weighted by molar-refractivity contribution is 0.00578. The fourth-order valence-corrected chi connectivity index (χ4v) is 1.94. The van der Waals surface area contributed by atoms with E-state index in [9.17, 15) is 5.11 Å². The molecule has 1 aliphatic rings. The Morgan fingerprint density at radius 1 is 1.17 bits per heavy atom. The lowest BCUT2D eigenvalue weighted by atomic mass is 9.77. The Morgan fingerprint density at radius 3 is 2.22 bits per heavy atom. The maximum Gasteiger partial charge on any atom is 0.498 e. The Labute approximate surface area is 108 Å². The molecule has 98 valence electrons. The van der Waals surface area contributed by atoms with Crippen molar-refractivity contribution < 1.29 is 14.4 Å². The molecule has 0 aliphatic carbocycles. The summed E-state index contributed by atoms with van der Waals surface area (Å²) >= 11 is 0. The molecule has 1 aliphatic heterocycles. The van der Waals surface area contributed by atoms with Crippen molar-refractivity contribution in [3.63, 3.8) is 0 Å². The van der Waals surface area contributed by atoms with Crippen LogP contribution >= 0.6 is 0 Å². The van der Waals surface area contributed by atoms with Crippen LogP contribution in [0.3, 0.4) is 0 Å². The minimum Gasteiger partial charge on any atom is -0.508 e. The van der Waals surface area contributed by atoms with E-state index in [4.69, 9.17) is 15.0 Å². The van der Waals surface area contributed by atoms with E-state index >= 15 is 0 Å². The SMILES string of the molecule is CC1(C)OB(c2cccc(CN)c2O)OC1(C)C. The van der Waals surface area contributed by atoms with Gasteiger partial charge in [-0.05, 0) is 27.7 Å². The third kappa shape index (κ3) is 2.02. The average molecular weight is 249 g/mol. The van der Waals surface area contributed by atoms with Crippen LogP contribution < -0.4 is 11.2 Å². The zero-order chi connectivity index (χ0) is 13.6. The number of rotatable bonds is 2. The van der Waals surface area contributed by atoms with Crippen molar-refractivity contribution in [3.8, 4) is 5.75 Å². The Bertz CT molecular complexity index is 444. The molecule has 0 radical (unpaired) electrons. The van der Waals surface area contributed by atoms with Crippen LogP contribution in [-0.2, 0) is 15.9 Å². The van der Waals surface area contributed by atoms with E-state index in [-0.39, 0.29) is 5.75 Å². The summed E-state index contributed by atoms with van der Waals surface area (Å²) in [5.41, 5.74) is 6.09. The molecule has 3 N–H and O–H groups in total. The van der Waals surface area contributed by atoms with Crippen LogP contribution in [-0.4, -0.2) is 23.4 Å². The molecular formula is C13H20BNO3. The minimum atomic E-state index is -0.554. The monoisotopic (exact) mass is 249 g/mol. The van der Waals surface area contributed by atoms with Gasteiger partial charge in [0.25, 0.3) is 0 Å². The first-order valence-electron chi connectivity index (χ1n) is 6.15. The molecule has 0 bridgehead atoms. The zero-order valence-corrected chi connectivity index (χ0v) is 11.4. The van der Waals surface area contributed by atoms with Crippen molar-refractivity contribution >= 4 is 12.6 Å². The molecule has 1 aromatic carbocycles. The summed E-state index contributed by atoms with van der Waals surface area (Å²) in [6, 6.07) is 5.45. The van der Waals surface area contributed by atoms with Crippen LogP contribution in [0.25, 0.3) is 0 Å². The summed E-state index contributed by atoms with van der Waals surface area (Å²) in [6.07, 6.45) is 0. The van der Waals surface area contributed by atoms with E-state index in [1.54, 1.807) is 12.1 Å². The van der Waals surface area contributed by atoms with Gasteiger partial charge in [-0.25, -0.2) is 0 Å². The lowest BCUT2D eigenvalue weighted by Gasteiger charge is -2.32. The molecule has 0 spiro atoms. The summed E-state index contributed by atoms with van der Waals surface area (Å²) in [5.74, 6) is 0.165. The predicted molar refractivity (Wildman–Crippen MR) is 71.7 cm³/mol. The number of hydrogen-bond donors (Lipinski definition) is 2. The average Bonchev–Trinajstić information content (AvgIpc) is 2.48. The van der Waals surface area contributed by atoms with Gasteiger partial charge in [0.05, 0.1) is 11.2 Å². The van der Waals surface area contributed by atoms with Gasteiger partial charge in [0.1, 0.15) is 5.75 Å². The molecule has 18 heavy (non-hydrogen) atoms. The van der Waals surface area contributed by atoms with Gasteiger partial charge < -0.3 is 20.1 Å². The Hall–Kier alpha value is -1.04. The predicted octanol–water partition coefficient (Wildman–Crippen LogP) is 1.15. The van der Waals surface area contributed by atoms with Crippen LogP contribution in [0, 0.1) is 0 Å². The number of benzene rings is 1. The largest absolute Gasteiger partial charge is 0.508 e. The highest BCUT2D eigenvalue weighted by molar-refractivity contribution is 6.63. The molecule has 0 amide bonds. The standard InChI is InChI=1S/C13H20BNO3/c1-12(2)13(3,4)18-14(17-12)10-7-5-6-9(8-15)11(10)16/h5-7,16H,8,15H2,1-4H3. The van der Waals surface area contributed by atoms with Gasteiger partial charge in [-0.3, -0.25) is 0 Å². The first-order valence-corrected chi connectivity index (χ1v) is 6.15. The maximum atomic E-state index is 10.1. The first kappa shape index (κ1) is 13.4. The summed E-state index contributed by atoms with van der Waals surface area (Å²) in [7, 11) is -0.554. The molecule has 4 nitrogen and oxygen atoms in total. The number of aromatic hydroxyl groups is 1. The van der Waals surface area contributed by atoms with Crippen molar-refractivity contribution in [1.29, 1.82) is 0 Å². The van der Waals surface area contributed by atoms with E-state index in [1.165, 1.54) is 0 Å². The molecule has 1 fully saturated rings. The molecule has 1 saturated heterocycles. The van der Waals surface area contributed by atoms with Gasteiger partial charge in [-0.1, -0.05) is 18.2 Å². The number of hydrogen-bond acceptors (Lipinski definition) is 4. The topological polar surface area (TPSA) is 64.7 Å². The summed E-state index contributed by atoms with van der Waals surface area (Å²) in [4.78, 5) is 0. The fourth-order valence-electron chi connectivity index (χ4n) is 1.94. The first-order chi connectivity index (χ1) is 8.28. The summed E-state index contributed by atoms with van der Waals surface area (Å²) in [6.45, 7) is 8.22. The molecule has 0 aromatic heterocycles. The highest BCUT2D eigenvalue weighted by Crippen LogP contribution is 2.37. The number of phenols is 1. The number of nitrogens with two attached hydrogens (primary N) is 1. The summed E-state index contributed by atoms with van der Waals surface area (Å²) in [5, 5.41) is 10.1. The zero-order valence-electron chi connectivity index (χ0n) is 11.4. The van der Waals surface area contributed by atoms with Gasteiger partial charge in [-0.15, -0.1) is 0 Å². The molecule has 0 unspecified atom stereocenters. The van der Waals surface area contributed by atoms with Gasteiger partial charge >= 0.3 is 7.12 Å². The van der Waals surface area contributed by atoms with Crippen molar-refractivity contribution in [1.82, 2.24) is 0 Å². The molecule has 1 aromatic rings. The molecule has 2 rings (SSSR count). The van der Waals surface area contributed by atoms with Crippen LogP contribution in [0.2, 0.25) is 0 Å². The third-order valence-electron chi connectivity index (χ3n) is 3.88. The Kier molecular flexibility index (Phi) is 3.17. The molecule has 0 saturated carbocycles. The fraction of sp³-hybridized carbons (Fsp3) is 0.538. The van der Waals surface area contributed by atoms with Crippen molar-refractivity contribution in [2.24, 2.45) is 5.73 Å². The molecular weight excluding hydrogens is 229 g/mol. The van der Waals surface area contributed by atoms with Gasteiger partial charge in [0.15, 0.2) is 0 Å². The third-order valence-corrected chi connectivity index (χ3v) is 3.88. The van der Waals surface area contributed by atoms with E-state index in [0.29, 0.717) is 17.6 Å². The van der Waals surface area contributed by atoms with E-state index in [0.717, 1.165) is 0 Å². The van der Waals surface area contributed by atoms with Crippen molar-refractivity contribution in [2.45, 2.75) is 45.4 Å². The van der Waals surface area contributed by atoms with Gasteiger partial charge in [-0.2, -0.15) is 0 Å². The van der Waals surface area contributed by atoms with Crippen molar-refractivity contribution in [2.75, 3.05) is 0 Å². The van der Waals surface area contributed by atoms with Crippen molar-refractivity contribution in [3.05, 3.63) is 23.8 Å². The van der Waals surface area contributed by atoms with Crippen LogP contribution in [0.1, 0.15) is 33.3 Å². The summed E-state index contributed by atoms with van der Waals surface area (Å²) < 4.78 is 11.8. The maximum absolute atomic E-state index is 10.1. The van der Waals surface area contributed by atoms with E-state index in [1.807, 2.05) is 33.8 Å². The molecule has 5 heteroatoms. The number of para-hydroxylation sites is 1. The molecule has 1 heterocycles. The van der Waals surface area contributed by atoms with Gasteiger partial charge in [0.2, 0.25) is 0 Å². The Balaban J connectivity index is 2.35. The van der Waals surface area contributed by atoms with Crippen LogP contribution in [0.15, 0.2) is 18.2 Å². The quantitative estimate of drug-likeness (QED) is 0.771. The lowest BCUT2D eigenvalue weighted by Crippen LogP contribution is -2.41. The highest BCUT2D eigenvalue weighted by Gasteiger charge is 2.52. The van der Waals surface area contributed by atoms with Crippen LogP contribution in [0.4, 0.5) is 0 Å². The number of phenolic OH excluding ortho intramolecular Hbond substituents is 1. The van der Waals surface area contributed by atoms with E-state index in [2.05, 4.69) is 0 Å². The van der Waals surface area contributed by atoms with Gasteiger partial charge in [0, 0.05) is 17.6 Å². The second-order valence-electron chi connectivity index (χ2n) is 5.65. The minimum absolute atomic E-state index is 0.165. The highest BCUT2D eigenvalue weighted by atomic mass is 16.7. The normalized spacial score (nSPS) is 21.3.